The fourth-order valence-corrected chi connectivity index (χ4v) is 0.549. The molecule has 0 aromatic heterocycles. The topological polar surface area (TPSA) is 32.3 Å². The molecule has 3 nitrogen and oxygen atoms in total. The van der Waals surface area contributed by atoms with E-state index >= 15 is 0 Å². The maximum Gasteiger partial charge on any atom is 0.245 e. The molecular weight excluding hydrogens is 140 g/mol. The maximum atomic E-state index is 10.9. The van der Waals surface area contributed by atoms with Gasteiger partial charge in [-0.25, -0.2) is 0 Å². The summed E-state index contributed by atoms with van der Waals surface area (Å²) in [5, 5.41) is 2.75. The molecule has 0 aliphatic heterocycles. The number of hydrogen-bond acceptors (Lipinski definition) is 2. The van der Waals surface area contributed by atoms with Crippen LogP contribution in [0.4, 0.5) is 0 Å². The van der Waals surface area contributed by atoms with Crippen LogP contribution >= 0.6 is 0 Å². The first-order chi connectivity index (χ1) is 5.02. The Hall–Kier alpha value is -0.990. The molecule has 0 saturated carbocycles. The summed E-state index contributed by atoms with van der Waals surface area (Å²) in [6.07, 6.45) is 3.23. The minimum Gasteiger partial charge on any atom is -0.383 e. The molecule has 0 aliphatic carbocycles. The fraction of sp³-hybridized carbons (Fsp3) is 0.625. The predicted octanol–water partition coefficient (Wildman–Crippen LogP) is 0.586. The van der Waals surface area contributed by atoms with E-state index in [0.717, 1.165) is 0 Å². The van der Waals surface area contributed by atoms with Gasteiger partial charge in [-0.2, -0.15) is 0 Å². The highest BCUT2D eigenvalue weighted by molar-refractivity contribution is 5.87. The predicted molar refractivity (Wildman–Crippen MR) is 46.1 cm³/mol. The lowest BCUT2D eigenvalue weighted by Gasteiger charge is -2.06. The second-order valence-electron chi connectivity index (χ2n) is 2.94. The van der Waals surface area contributed by atoms with E-state index < -0.39 is 0 Å². The van der Waals surface area contributed by atoms with Gasteiger partial charge in [-0.3, -0.25) is 4.79 Å². The molecule has 0 radical (unpaired) electrons. The minimum absolute atomic E-state index is 0.0475. The Labute approximate surface area is 68.1 Å². The second-order valence-corrected chi connectivity index (χ2v) is 2.94. The van der Waals surface area contributed by atoms with Crippen molar-refractivity contribution in [2.45, 2.75) is 19.9 Å². The van der Waals surface area contributed by atoms with Crippen LogP contribution < -0.4 is 5.32 Å². The third kappa shape index (κ3) is 6.90. The monoisotopic (exact) mass is 156 g/mol. The lowest BCUT2D eigenvalue weighted by molar-refractivity contribution is -0.117. The van der Waals surface area contributed by atoms with Crippen molar-refractivity contribution in [3.63, 3.8) is 0 Å². The summed E-state index contributed by atoms with van der Waals surface area (Å²) in [5.41, 5.74) is 0. The molecule has 0 aromatic rings. The van der Waals surface area contributed by atoms with E-state index in [1.54, 1.807) is 6.20 Å². The molecule has 0 aromatic carbocycles. The molecule has 1 N–H and O–H groups in total. The summed E-state index contributed by atoms with van der Waals surface area (Å²) in [5.74, 6) is -0.0475. The van der Waals surface area contributed by atoms with Gasteiger partial charge in [0.15, 0.2) is 0 Å². The number of rotatable bonds is 3. The first kappa shape index (κ1) is 10.0. The fourth-order valence-electron chi connectivity index (χ4n) is 0.549. The van der Waals surface area contributed by atoms with Crippen molar-refractivity contribution in [3.05, 3.63) is 12.3 Å². The Balaban J connectivity index is 3.69. The standard InChI is InChI=1S/C8H16N2O/c1-7(2)9-8(11)5-6-10(3)4/h5-7H,1-4H3,(H,9,11)/b6-5+. The number of nitrogens with one attached hydrogen (secondary N) is 1. The van der Waals surface area contributed by atoms with Crippen molar-refractivity contribution < 1.29 is 4.79 Å². The van der Waals surface area contributed by atoms with Gasteiger partial charge in [0.1, 0.15) is 0 Å². The molecule has 0 bridgehead atoms. The molecule has 0 unspecified atom stereocenters. The van der Waals surface area contributed by atoms with Gasteiger partial charge in [-0.05, 0) is 13.8 Å². The lowest BCUT2D eigenvalue weighted by atomic mass is 10.4. The van der Waals surface area contributed by atoms with Crippen molar-refractivity contribution in [1.29, 1.82) is 0 Å². The van der Waals surface area contributed by atoms with Gasteiger partial charge in [0.2, 0.25) is 5.91 Å². The van der Waals surface area contributed by atoms with E-state index in [4.69, 9.17) is 0 Å². The van der Waals surface area contributed by atoms with Gasteiger partial charge in [0.05, 0.1) is 0 Å². The van der Waals surface area contributed by atoms with Gasteiger partial charge < -0.3 is 10.2 Å². The summed E-state index contributed by atoms with van der Waals surface area (Å²) >= 11 is 0. The van der Waals surface area contributed by atoms with Gasteiger partial charge in [0, 0.05) is 32.4 Å². The van der Waals surface area contributed by atoms with Gasteiger partial charge in [0.25, 0.3) is 0 Å². The quantitative estimate of drug-likeness (QED) is 0.606. The molecule has 3 heteroatoms. The molecule has 0 fully saturated rings. The Morgan fingerprint density at radius 2 is 2.00 bits per heavy atom. The van der Waals surface area contributed by atoms with E-state index in [9.17, 15) is 4.79 Å². The summed E-state index contributed by atoms with van der Waals surface area (Å²) in [6, 6.07) is 0.203. The van der Waals surface area contributed by atoms with Crippen LogP contribution in [0.5, 0.6) is 0 Å². The SMILES string of the molecule is CC(C)NC(=O)/C=C/N(C)C. The molecule has 0 saturated heterocycles. The van der Waals surface area contributed by atoms with Crippen LogP contribution in [0, 0.1) is 0 Å². The summed E-state index contributed by atoms with van der Waals surface area (Å²) in [6.45, 7) is 3.86. The smallest absolute Gasteiger partial charge is 0.245 e. The van der Waals surface area contributed by atoms with E-state index in [1.807, 2.05) is 32.8 Å². The van der Waals surface area contributed by atoms with Crippen LogP contribution in [0.25, 0.3) is 0 Å². The van der Waals surface area contributed by atoms with Crippen LogP contribution in [-0.2, 0) is 4.79 Å². The van der Waals surface area contributed by atoms with Gasteiger partial charge in [-0.15, -0.1) is 0 Å². The molecular formula is C8H16N2O. The zero-order valence-corrected chi connectivity index (χ0v) is 7.59. The molecule has 11 heavy (non-hydrogen) atoms. The highest BCUT2D eigenvalue weighted by Gasteiger charge is 1.96. The van der Waals surface area contributed by atoms with Crippen molar-refractivity contribution in [2.75, 3.05) is 14.1 Å². The van der Waals surface area contributed by atoms with Crippen molar-refractivity contribution >= 4 is 5.91 Å². The Morgan fingerprint density at radius 3 is 2.36 bits per heavy atom. The average Bonchev–Trinajstić information content (AvgIpc) is 1.82. The van der Waals surface area contributed by atoms with E-state index in [-0.39, 0.29) is 11.9 Å². The first-order valence-corrected chi connectivity index (χ1v) is 3.67. The zero-order chi connectivity index (χ0) is 8.85. The van der Waals surface area contributed by atoms with Gasteiger partial charge >= 0.3 is 0 Å². The number of carbonyl (C=O) groups is 1. The highest BCUT2D eigenvalue weighted by Crippen LogP contribution is 1.81. The molecule has 0 heterocycles. The average molecular weight is 156 g/mol. The Kier molecular flexibility index (Phi) is 4.34. The molecule has 64 valence electrons. The highest BCUT2D eigenvalue weighted by atomic mass is 16.1. The number of carbonyl (C=O) groups excluding carboxylic acids is 1. The lowest BCUT2D eigenvalue weighted by Crippen LogP contribution is -2.28. The van der Waals surface area contributed by atoms with Crippen molar-refractivity contribution in [1.82, 2.24) is 10.2 Å². The van der Waals surface area contributed by atoms with Crippen molar-refractivity contribution in [3.8, 4) is 0 Å². The molecule has 1 amide bonds. The molecule has 0 aliphatic rings. The first-order valence-electron chi connectivity index (χ1n) is 3.67. The third-order valence-corrected chi connectivity index (χ3v) is 0.955. The van der Waals surface area contributed by atoms with Crippen LogP contribution in [-0.4, -0.2) is 30.9 Å². The van der Waals surface area contributed by atoms with Gasteiger partial charge in [-0.1, -0.05) is 0 Å². The second kappa shape index (κ2) is 4.77. The molecule has 0 rings (SSSR count). The summed E-state index contributed by atoms with van der Waals surface area (Å²) in [7, 11) is 3.75. The van der Waals surface area contributed by atoms with Crippen LogP contribution in [0.2, 0.25) is 0 Å². The van der Waals surface area contributed by atoms with Crippen LogP contribution in [0.15, 0.2) is 12.3 Å². The number of nitrogens with zero attached hydrogens (tertiary/aromatic N) is 1. The summed E-state index contributed by atoms with van der Waals surface area (Å²) in [4.78, 5) is 12.8. The third-order valence-electron chi connectivity index (χ3n) is 0.955. The normalized spacial score (nSPS) is 10.6. The van der Waals surface area contributed by atoms with E-state index in [0.29, 0.717) is 0 Å². The van der Waals surface area contributed by atoms with E-state index in [1.165, 1.54) is 6.08 Å². The van der Waals surface area contributed by atoms with Crippen LogP contribution in [0.3, 0.4) is 0 Å². The van der Waals surface area contributed by atoms with Crippen molar-refractivity contribution in [2.24, 2.45) is 0 Å². The number of amides is 1. The zero-order valence-electron chi connectivity index (χ0n) is 7.59. The maximum absolute atomic E-state index is 10.9. The summed E-state index contributed by atoms with van der Waals surface area (Å²) < 4.78 is 0. The molecule has 0 atom stereocenters. The Morgan fingerprint density at radius 1 is 1.45 bits per heavy atom. The van der Waals surface area contributed by atoms with E-state index in [2.05, 4.69) is 5.32 Å². The Bertz CT molecular complexity index is 150. The number of hydrogen-bond donors (Lipinski definition) is 1. The minimum atomic E-state index is -0.0475. The largest absolute Gasteiger partial charge is 0.383 e. The molecule has 0 spiro atoms. The van der Waals surface area contributed by atoms with Crippen LogP contribution in [0.1, 0.15) is 13.8 Å².